The van der Waals surface area contributed by atoms with Gasteiger partial charge in [-0.3, -0.25) is 4.68 Å². The summed E-state index contributed by atoms with van der Waals surface area (Å²) in [5, 5.41) is 17.1. The van der Waals surface area contributed by atoms with Crippen LogP contribution in [0.3, 0.4) is 0 Å². The Kier molecular flexibility index (Phi) is 4.07. The molecule has 0 amide bonds. The minimum Gasteiger partial charge on any atom is -0.387 e. The van der Waals surface area contributed by atoms with E-state index in [2.05, 4.69) is 24.2 Å². The molecule has 0 bridgehead atoms. The number of hydrogen-bond donors (Lipinski definition) is 1. The van der Waals surface area contributed by atoms with Crippen molar-refractivity contribution in [1.29, 1.82) is 0 Å². The lowest BCUT2D eigenvalue weighted by Crippen LogP contribution is -2.09. The van der Waals surface area contributed by atoms with Crippen molar-refractivity contribution < 1.29 is 5.11 Å². The van der Waals surface area contributed by atoms with Crippen LogP contribution in [0, 0.1) is 5.92 Å². The van der Waals surface area contributed by atoms with Crippen LogP contribution in [0.5, 0.6) is 0 Å². The Labute approximate surface area is 84.9 Å². The van der Waals surface area contributed by atoms with Crippen LogP contribution in [-0.2, 0) is 6.54 Å². The van der Waals surface area contributed by atoms with Crippen molar-refractivity contribution >= 4 is 0 Å². The molecule has 1 aromatic rings. The van der Waals surface area contributed by atoms with Crippen LogP contribution in [-0.4, -0.2) is 20.1 Å². The van der Waals surface area contributed by atoms with E-state index in [0.717, 1.165) is 19.4 Å². The Morgan fingerprint density at radius 1 is 1.43 bits per heavy atom. The topological polar surface area (TPSA) is 50.9 Å². The quantitative estimate of drug-likeness (QED) is 0.782. The molecule has 1 N–H and O–H groups in total. The van der Waals surface area contributed by atoms with E-state index in [1.54, 1.807) is 6.92 Å². The number of aromatic nitrogens is 3. The molecule has 1 rings (SSSR count). The Morgan fingerprint density at radius 2 is 2.07 bits per heavy atom. The molecule has 80 valence electrons. The molecule has 1 atom stereocenters. The van der Waals surface area contributed by atoms with E-state index in [0.29, 0.717) is 11.6 Å². The summed E-state index contributed by atoms with van der Waals surface area (Å²) in [6.07, 6.45) is 3.61. The molecule has 0 saturated heterocycles. The predicted molar refractivity (Wildman–Crippen MR) is 54.7 cm³/mol. The molecule has 0 spiro atoms. The predicted octanol–water partition coefficient (Wildman–Crippen LogP) is 1.77. The van der Waals surface area contributed by atoms with Gasteiger partial charge in [-0.2, -0.15) is 0 Å². The van der Waals surface area contributed by atoms with E-state index in [9.17, 15) is 5.11 Å². The van der Waals surface area contributed by atoms with Gasteiger partial charge in [-0.25, -0.2) is 0 Å². The van der Waals surface area contributed by atoms with Gasteiger partial charge in [0.1, 0.15) is 5.69 Å². The molecule has 0 aliphatic carbocycles. The molecule has 1 unspecified atom stereocenters. The Hall–Kier alpha value is -0.900. The highest BCUT2D eigenvalue weighted by atomic mass is 16.3. The first-order valence-corrected chi connectivity index (χ1v) is 5.25. The van der Waals surface area contributed by atoms with Crippen molar-refractivity contribution in [3.8, 4) is 0 Å². The van der Waals surface area contributed by atoms with Crippen LogP contribution in [0.4, 0.5) is 0 Å². The van der Waals surface area contributed by atoms with Gasteiger partial charge in [0.15, 0.2) is 0 Å². The second-order valence-corrected chi connectivity index (χ2v) is 3.72. The van der Waals surface area contributed by atoms with Crippen molar-refractivity contribution in [3.05, 3.63) is 11.9 Å². The van der Waals surface area contributed by atoms with Crippen molar-refractivity contribution in [1.82, 2.24) is 15.0 Å². The molecule has 1 heterocycles. The summed E-state index contributed by atoms with van der Waals surface area (Å²) >= 11 is 0. The van der Waals surface area contributed by atoms with Gasteiger partial charge < -0.3 is 5.11 Å². The highest BCUT2D eigenvalue weighted by molar-refractivity contribution is 4.95. The molecule has 0 fully saturated rings. The third kappa shape index (κ3) is 2.80. The minimum atomic E-state index is -0.523. The molecule has 4 nitrogen and oxygen atoms in total. The number of aliphatic hydroxyl groups excluding tert-OH is 1. The maximum absolute atomic E-state index is 9.27. The van der Waals surface area contributed by atoms with Gasteiger partial charge >= 0.3 is 0 Å². The second-order valence-electron chi connectivity index (χ2n) is 3.72. The van der Waals surface area contributed by atoms with Crippen LogP contribution in [0.2, 0.25) is 0 Å². The normalized spacial score (nSPS) is 13.5. The Morgan fingerprint density at radius 3 is 2.50 bits per heavy atom. The summed E-state index contributed by atoms with van der Waals surface area (Å²) in [5.41, 5.74) is 0.649. The summed E-state index contributed by atoms with van der Waals surface area (Å²) in [4.78, 5) is 0. The molecule has 0 saturated carbocycles. The van der Waals surface area contributed by atoms with E-state index in [-0.39, 0.29) is 0 Å². The highest BCUT2D eigenvalue weighted by Gasteiger charge is 2.09. The fourth-order valence-electron chi connectivity index (χ4n) is 1.41. The monoisotopic (exact) mass is 197 g/mol. The smallest absolute Gasteiger partial charge is 0.111 e. The standard InChI is InChI=1S/C10H19N3O/c1-4-9(5-2)6-13-7-10(8(3)14)11-12-13/h7-9,14H,4-6H2,1-3H3. The van der Waals surface area contributed by atoms with Gasteiger partial charge in [0.2, 0.25) is 0 Å². The van der Waals surface area contributed by atoms with E-state index in [1.165, 1.54) is 0 Å². The average molecular weight is 197 g/mol. The summed E-state index contributed by atoms with van der Waals surface area (Å²) < 4.78 is 1.82. The molecule has 0 aromatic carbocycles. The van der Waals surface area contributed by atoms with Gasteiger partial charge in [0, 0.05) is 6.54 Å². The van der Waals surface area contributed by atoms with Gasteiger partial charge in [-0.1, -0.05) is 31.9 Å². The maximum Gasteiger partial charge on any atom is 0.111 e. The maximum atomic E-state index is 9.27. The molecular weight excluding hydrogens is 178 g/mol. The molecule has 0 aliphatic heterocycles. The number of nitrogens with zero attached hydrogens (tertiary/aromatic N) is 3. The van der Waals surface area contributed by atoms with Gasteiger partial charge in [-0.05, 0) is 12.8 Å². The molecule has 14 heavy (non-hydrogen) atoms. The third-order valence-corrected chi connectivity index (χ3v) is 2.58. The summed E-state index contributed by atoms with van der Waals surface area (Å²) in [6.45, 7) is 6.96. The van der Waals surface area contributed by atoms with Crippen LogP contribution in [0.15, 0.2) is 6.20 Å². The Balaban J connectivity index is 2.58. The van der Waals surface area contributed by atoms with Gasteiger partial charge in [0.25, 0.3) is 0 Å². The van der Waals surface area contributed by atoms with Gasteiger partial charge in [-0.15, -0.1) is 5.10 Å². The van der Waals surface area contributed by atoms with Crippen molar-refractivity contribution in [2.24, 2.45) is 5.92 Å². The van der Waals surface area contributed by atoms with Crippen LogP contribution >= 0.6 is 0 Å². The lowest BCUT2D eigenvalue weighted by atomic mass is 10.0. The molecule has 4 heteroatoms. The number of aliphatic hydroxyl groups is 1. The van der Waals surface area contributed by atoms with Crippen molar-refractivity contribution in [2.45, 2.75) is 46.3 Å². The second kappa shape index (κ2) is 5.10. The summed E-state index contributed by atoms with van der Waals surface area (Å²) in [7, 11) is 0. The zero-order valence-electron chi connectivity index (χ0n) is 9.14. The fourth-order valence-corrected chi connectivity index (χ4v) is 1.41. The fraction of sp³-hybridized carbons (Fsp3) is 0.800. The van der Waals surface area contributed by atoms with Crippen LogP contribution in [0.25, 0.3) is 0 Å². The lowest BCUT2D eigenvalue weighted by Gasteiger charge is -2.10. The van der Waals surface area contributed by atoms with E-state index in [4.69, 9.17) is 0 Å². The number of hydrogen-bond acceptors (Lipinski definition) is 3. The van der Waals surface area contributed by atoms with Crippen LogP contribution < -0.4 is 0 Å². The average Bonchev–Trinajstić information content (AvgIpc) is 2.62. The number of rotatable bonds is 5. The van der Waals surface area contributed by atoms with E-state index in [1.807, 2.05) is 10.9 Å². The van der Waals surface area contributed by atoms with E-state index < -0.39 is 6.10 Å². The first-order chi connectivity index (χ1) is 6.67. The Bertz CT molecular complexity index is 266. The van der Waals surface area contributed by atoms with E-state index >= 15 is 0 Å². The zero-order chi connectivity index (χ0) is 10.6. The zero-order valence-corrected chi connectivity index (χ0v) is 9.14. The lowest BCUT2D eigenvalue weighted by molar-refractivity contribution is 0.194. The molecule has 1 aromatic heterocycles. The van der Waals surface area contributed by atoms with Crippen molar-refractivity contribution in [3.63, 3.8) is 0 Å². The summed E-state index contributed by atoms with van der Waals surface area (Å²) in [6, 6.07) is 0. The largest absolute Gasteiger partial charge is 0.387 e. The van der Waals surface area contributed by atoms with Crippen molar-refractivity contribution in [2.75, 3.05) is 0 Å². The van der Waals surface area contributed by atoms with Crippen LogP contribution in [0.1, 0.15) is 45.4 Å². The third-order valence-electron chi connectivity index (χ3n) is 2.58. The van der Waals surface area contributed by atoms with Gasteiger partial charge in [0.05, 0.1) is 12.3 Å². The molecule has 0 aliphatic rings. The minimum absolute atomic E-state index is 0.523. The first-order valence-electron chi connectivity index (χ1n) is 5.25. The first kappa shape index (κ1) is 11.2. The molecular formula is C10H19N3O. The highest BCUT2D eigenvalue weighted by Crippen LogP contribution is 2.12. The SMILES string of the molecule is CCC(CC)Cn1cc(C(C)O)nn1. The summed E-state index contributed by atoms with van der Waals surface area (Å²) in [5.74, 6) is 0.651. The molecule has 0 radical (unpaired) electrons.